The van der Waals surface area contributed by atoms with E-state index in [4.69, 9.17) is 0 Å². The summed E-state index contributed by atoms with van der Waals surface area (Å²) in [6.45, 7) is 2.79. The van der Waals surface area contributed by atoms with E-state index in [2.05, 4.69) is 41.8 Å². The van der Waals surface area contributed by atoms with Crippen molar-refractivity contribution < 1.29 is 20.1 Å². The van der Waals surface area contributed by atoms with Crippen molar-refractivity contribution in [2.75, 3.05) is 13.1 Å². The van der Waals surface area contributed by atoms with Crippen LogP contribution >= 0.6 is 0 Å². The monoisotopic (exact) mass is 476 g/mol. The number of hydrogen-bond acceptors (Lipinski definition) is 5. The smallest absolute Gasteiger partial charge is 0.220 e. The number of aliphatic hydroxyl groups is 2. The first-order valence-corrected chi connectivity index (χ1v) is 12.2. The summed E-state index contributed by atoms with van der Waals surface area (Å²) in [5, 5.41) is 35.8. The Morgan fingerprint density at radius 3 is 2.43 bits per heavy atom. The van der Waals surface area contributed by atoms with E-state index in [1.807, 2.05) is 30.3 Å². The van der Waals surface area contributed by atoms with Crippen molar-refractivity contribution in [3.05, 3.63) is 101 Å². The molecule has 0 unspecified atom stereocenters. The van der Waals surface area contributed by atoms with Crippen LogP contribution in [-0.2, 0) is 30.7 Å². The molecule has 35 heavy (non-hydrogen) atoms. The van der Waals surface area contributed by atoms with Crippen LogP contribution in [0.15, 0.2) is 72.8 Å². The van der Waals surface area contributed by atoms with Crippen LogP contribution in [0, 0.1) is 0 Å². The number of aliphatic hydroxyl groups excluding tert-OH is 2. The lowest BCUT2D eigenvalue weighted by Gasteiger charge is -2.18. The molecule has 0 heterocycles. The molecule has 0 spiro atoms. The van der Waals surface area contributed by atoms with E-state index >= 15 is 0 Å². The first-order valence-electron chi connectivity index (χ1n) is 12.2. The molecule has 3 aromatic carbocycles. The fraction of sp³-hybridized carbons (Fsp3) is 0.345. The molecule has 0 radical (unpaired) electrons. The molecule has 0 saturated carbocycles. The number of nitrogens with one attached hydrogen (secondary N) is 2. The van der Waals surface area contributed by atoms with Gasteiger partial charge in [-0.05, 0) is 60.6 Å². The number of carbonyl (C=O) groups is 1. The molecule has 5 N–H and O–H groups in total. The van der Waals surface area contributed by atoms with Gasteiger partial charge in [0, 0.05) is 31.1 Å². The lowest BCUT2D eigenvalue weighted by Crippen LogP contribution is -2.32. The predicted molar refractivity (Wildman–Crippen MR) is 138 cm³/mol. The Labute approximate surface area is 207 Å². The lowest BCUT2D eigenvalue weighted by atomic mass is 10.0. The number of aromatic hydroxyl groups is 1. The van der Waals surface area contributed by atoms with E-state index in [9.17, 15) is 20.1 Å². The Bertz CT molecular complexity index is 1070. The SMILES string of the molecule is C[C@H](Cc1cccc(CCC(=O)NCCc2ccccc2)c1)NC[C@H](O)c1ccc(O)c(CO)c1. The van der Waals surface area contributed by atoms with Crippen molar-refractivity contribution in [2.45, 2.75) is 51.4 Å². The summed E-state index contributed by atoms with van der Waals surface area (Å²) >= 11 is 0. The summed E-state index contributed by atoms with van der Waals surface area (Å²) in [4.78, 5) is 12.2. The zero-order chi connectivity index (χ0) is 25.0. The molecule has 6 nitrogen and oxygen atoms in total. The largest absolute Gasteiger partial charge is 0.508 e. The molecule has 0 saturated heterocycles. The number of phenols is 1. The second-order valence-electron chi connectivity index (χ2n) is 8.98. The standard InChI is InChI=1S/C29H36N2O4/c1-21(31-19-28(34)25-11-12-27(33)26(18-25)20-32)16-24-9-5-8-23(17-24)10-13-29(35)30-15-14-22-6-3-2-4-7-22/h2-9,11-12,17-18,21,28,31-34H,10,13-16,19-20H2,1H3,(H,30,35)/t21-,28+/m1/s1. The maximum absolute atomic E-state index is 12.2. The molecule has 2 atom stereocenters. The van der Waals surface area contributed by atoms with Gasteiger partial charge in [-0.15, -0.1) is 0 Å². The van der Waals surface area contributed by atoms with E-state index in [-0.39, 0.29) is 24.3 Å². The quantitative estimate of drug-likeness (QED) is 0.260. The summed E-state index contributed by atoms with van der Waals surface area (Å²) in [6, 6.07) is 23.3. The first kappa shape index (κ1) is 26.4. The van der Waals surface area contributed by atoms with Gasteiger partial charge in [0.05, 0.1) is 12.7 Å². The van der Waals surface area contributed by atoms with E-state index < -0.39 is 6.10 Å². The highest BCUT2D eigenvalue weighted by molar-refractivity contribution is 5.76. The third-order valence-electron chi connectivity index (χ3n) is 6.07. The number of benzene rings is 3. The fourth-order valence-corrected chi connectivity index (χ4v) is 4.05. The minimum atomic E-state index is -0.741. The van der Waals surface area contributed by atoms with Crippen LogP contribution in [0.1, 0.15) is 47.3 Å². The van der Waals surface area contributed by atoms with Crippen LogP contribution in [0.4, 0.5) is 0 Å². The van der Waals surface area contributed by atoms with Crippen LogP contribution in [0.25, 0.3) is 0 Å². The maximum atomic E-state index is 12.2. The summed E-state index contributed by atoms with van der Waals surface area (Å²) in [6.07, 6.45) is 2.04. The molecule has 6 heteroatoms. The van der Waals surface area contributed by atoms with Crippen molar-refractivity contribution >= 4 is 5.91 Å². The van der Waals surface area contributed by atoms with Crippen LogP contribution in [0.3, 0.4) is 0 Å². The van der Waals surface area contributed by atoms with Gasteiger partial charge >= 0.3 is 0 Å². The van der Waals surface area contributed by atoms with Gasteiger partial charge in [0.15, 0.2) is 0 Å². The molecule has 0 aliphatic rings. The van der Waals surface area contributed by atoms with E-state index in [0.717, 1.165) is 18.4 Å². The minimum Gasteiger partial charge on any atom is -0.508 e. The number of aryl methyl sites for hydroxylation is 1. The molecule has 3 aromatic rings. The van der Waals surface area contributed by atoms with Crippen molar-refractivity contribution in [3.63, 3.8) is 0 Å². The van der Waals surface area contributed by atoms with Gasteiger partial charge in [0.2, 0.25) is 5.91 Å². The van der Waals surface area contributed by atoms with Crippen LogP contribution in [0.2, 0.25) is 0 Å². The van der Waals surface area contributed by atoms with Crippen molar-refractivity contribution in [3.8, 4) is 5.75 Å². The average Bonchev–Trinajstić information content (AvgIpc) is 2.87. The molecule has 0 fully saturated rings. The van der Waals surface area contributed by atoms with Crippen molar-refractivity contribution in [2.24, 2.45) is 0 Å². The second-order valence-corrected chi connectivity index (χ2v) is 8.98. The average molecular weight is 477 g/mol. The summed E-state index contributed by atoms with van der Waals surface area (Å²) in [5.41, 5.74) is 4.57. The first-order chi connectivity index (χ1) is 16.9. The fourth-order valence-electron chi connectivity index (χ4n) is 4.05. The summed E-state index contributed by atoms with van der Waals surface area (Å²) in [5.74, 6) is 0.0864. The molecular weight excluding hydrogens is 440 g/mol. The molecule has 1 amide bonds. The van der Waals surface area contributed by atoms with Gasteiger partial charge in [-0.1, -0.05) is 60.7 Å². The number of hydrogen-bond donors (Lipinski definition) is 5. The number of amides is 1. The molecule has 0 aliphatic heterocycles. The Kier molecular flexibility index (Phi) is 10.3. The molecule has 0 aliphatic carbocycles. The van der Waals surface area contributed by atoms with Gasteiger partial charge in [-0.25, -0.2) is 0 Å². The Morgan fingerprint density at radius 2 is 1.66 bits per heavy atom. The van der Waals surface area contributed by atoms with E-state index in [0.29, 0.717) is 37.1 Å². The molecule has 186 valence electrons. The third kappa shape index (κ3) is 8.83. The van der Waals surface area contributed by atoms with Gasteiger partial charge in [0.25, 0.3) is 0 Å². The second kappa shape index (κ2) is 13.6. The van der Waals surface area contributed by atoms with Gasteiger partial charge in [-0.2, -0.15) is 0 Å². The van der Waals surface area contributed by atoms with Gasteiger partial charge in [0.1, 0.15) is 5.75 Å². The maximum Gasteiger partial charge on any atom is 0.220 e. The van der Waals surface area contributed by atoms with Crippen LogP contribution in [-0.4, -0.2) is 40.4 Å². The van der Waals surface area contributed by atoms with Crippen LogP contribution < -0.4 is 10.6 Å². The summed E-state index contributed by atoms with van der Waals surface area (Å²) < 4.78 is 0. The van der Waals surface area contributed by atoms with Gasteiger partial charge < -0.3 is 26.0 Å². The van der Waals surface area contributed by atoms with Crippen molar-refractivity contribution in [1.82, 2.24) is 10.6 Å². The zero-order valence-electron chi connectivity index (χ0n) is 20.3. The third-order valence-corrected chi connectivity index (χ3v) is 6.07. The highest BCUT2D eigenvalue weighted by atomic mass is 16.3. The highest BCUT2D eigenvalue weighted by Crippen LogP contribution is 2.22. The molecular formula is C29H36N2O4. The molecule has 0 bridgehead atoms. The minimum absolute atomic E-state index is 0.0225. The topological polar surface area (TPSA) is 102 Å². The van der Waals surface area contributed by atoms with Crippen LogP contribution in [0.5, 0.6) is 5.75 Å². The van der Waals surface area contributed by atoms with Gasteiger partial charge in [-0.3, -0.25) is 4.79 Å². The van der Waals surface area contributed by atoms with E-state index in [1.165, 1.54) is 17.2 Å². The Morgan fingerprint density at radius 1 is 0.914 bits per heavy atom. The normalized spacial score (nSPS) is 12.8. The zero-order valence-corrected chi connectivity index (χ0v) is 20.3. The highest BCUT2D eigenvalue weighted by Gasteiger charge is 2.12. The molecule has 3 rings (SSSR count). The number of carbonyl (C=O) groups excluding carboxylic acids is 1. The molecule has 0 aromatic heterocycles. The van der Waals surface area contributed by atoms with E-state index in [1.54, 1.807) is 12.1 Å². The Balaban J connectivity index is 1.40. The Hall–Kier alpha value is -3.19. The number of rotatable bonds is 13. The van der Waals surface area contributed by atoms with Crippen molar-refractivity contribution in [1.29, 1.82) is 0 Å². The summed E-state index contributed by atoms with van der Waals surface area (Å²) in [7, 11) is 0. The predicted octanol–water partition coefficient (Wildman–Crippen LogP) is 3.43. The lowest BCUT2D eigenvalue weighted by molar-refractivity contribution is -0.121.